The van der Waals surface area contributed by atoms with Crippen molar-refractivity contribution in [2.75, 3.05) is 20.2 Å². The number of amides is 2. The highest BCUT2D eigenvalue weighted by molar-refractivity contribution is 5.83. The van der Waals surface area contributed by atoms with Crippen LogP contribution in [0.1, 0.15) is 25.7 Å². The number of nitrogens with one attached hydrogen (secondary N) is 1. The number of methoxy groups -OCH3 is 1. The number of rotatable bonds is 5. The van der Waals surface area contributed by atoms with Gasteiger partial charge in [-0.25, -0.2) is 9.59 Å². The molecule has 1 aliphatic heterocycles. The normalized spacial score (nSPS) is 17.4. The SMILES string of the molecule is COC(=O)CC[C@H](NC(=O)N1CCC(O)CC1)C(=O)O. The van der Waals surface area contributed by atoms with E-state index in [0.29, 0.717) is 25.9 Å². The van der Waals surface area contributed by atoms with E-state index in [1.54, 1.807) is 0 Å². The van der Waals surface area contributed by atoms with Crippen molar-refractivity contribution < 1.29 is 29.3 Å². The average molecular weight is 288 g/mol. The van der Waals surface area contributed by atoms with Crippen molar-refractivity contribution in [3.8, 4) is 0 Å². The van der Waals surface area contributed by atoms with Crippen LogP contribution in [0.25, 0.3) is 0 Å². The first-order chi connectivity index (χ1) is 9.43. The molecule has 8 nitrogen and oxygen atoms in total. The second-order valence-corrected chi connectivity index (χ2v) is 4.67. The number of urea groups is 1. The Balaban J connectivity index is 2.46. The number of carbonyl (C=O) groups is 3. The Morgan fingerprint density at radius 3 is 2.45 bits per heavy atom. The molecule has 1 fully saturated rings. The number of carboxylic acid groups (broad SMARTS) is 1. The Morgan fingerprint density at radius 1 is 1.35 bits per heavy atom. The maximum absolute atomic E-state index is 11.9. The predicted octanol–water partition coefficient (Wildman–Crippen LogP) is -0.441. The summed E-state index contributed by atoms with van der Waals surface area (Å²) in [6.07, 6.45) is 0.450. The van der Waals surface area contributed by atoms with Gasteiger partial charge in [0.25, 0.3) is 0 Å². The summed E-state index contributed by atoms with van der Waals surface area (Å²) in [5.74, 6) is -1.72. The number of aliphatic hydroxyl groups is 1. The second kappa shape index (κ2) is 7.68. The summed E-state index contributed by atoms with van der Waals surface area (Å²) in [6, 6.07) is -1.62. The Hall–Kier alpha value is -1.83. The number of esters is 1. The van der Waals surface area contributed by atoms with Crippen LogP contribution in [0.5, 0.6) is 0 Å². The number of likely N-dealkylation sites (tertiary alicyclic amines) is 1. The zero-order chi connectivity index (χ0) is 15.1. The van der Waals surface area contributed by atoms with E-state index in [2.05, 4.69) is 10.1 Å². The van der Waals surface area contributed by atoms with Gasteiger partial charge in [-0.05, 0) is 19.3 Å². The molecule has 20 heavy (non-hydrogen) atoms. The predicted molar refractivity (Wildman–Crippen MR) is 68.0 cm³/mol. The van der Waals surface area contributed by atoms with Gasteiger partial charge in [0.05, 0.1) is 13.2 Å². The summed E-state index contributed by atoms with van der Waals surface area (Å²) >= 11 is 0. The van der Waals surface area contributed by atoms with E-state index in [4.69, 9.17) is 5.11 Å². The van der Waals surface area contributed by atoms with Crippen LogP contribution in [-0.2, 0) is 14.3 Å². The van der Waals surface area contributed by atoms with Gasteiger partial charge in [-0.3, -0.25) is 4.79 Å². The number of hydrogen-bond acceptors (Lipinski definition) is 5. The highest BCUT2D eigenvalue weighted by atomic mass is 16.5. The first-order valence-corrected chi connectivity index (χ1v) is 6.47. The molecule has 0 aromatic rings. The fourth-order valence-electron chi connectivity index (χ4n) is 1.93. The van der Waals surface area contributed by atoms with Crippen molar-refractivity contribution in [1.82, 2.24) is 10.2 Å². The minimum atomic E-state index is -1.20. The topological polar surface area (TPSA) is 116 Å². The van der Waals surface area contributed by atoms with Gasteiger partial charge in [0.2, 0.25) is 0 Å². The lowest BCUT2D eigenvalue weighted by Crippen LogP contribution is -2.50. The van der Waals surface area contributed by atoms with Crippen LogP contribution < -0.4 is 5.32 Å². The molecule has 114 valence electrons. The summed E-state index contributed by atoms with van der Waals surface area (Å²) < 4.78 is 4.43. The van der Waals surface area contributed by atoms with E-state index < -0.39 is 30.1 Å². The van der Waals surface area contributed by atoms with Gasteiger partial charge >= 0.3 is 18.0 Å². The number of ether oxygens (including phenoxy) is 1. The second-order valence-electron chi connectivity index (χ2n) is 4.67. The Kier molecular flexibility index (Phi) is 6.23. The molecule has 0 aromatic heterocycles. The van der Waals surface area contributed by atoms with Crippen LogP contribution in [0.3, 0.4) is 0 Å². The van der Waals surface area contributed by atoms with Crippen LogP contribution in [-0.4, -0.2) is 65.4 Å². The molecule has 8 heteroatoms. The van der Waals surface area contributed by atoms with Gasteiger partial charge in [0, 0.05) is 19.5 Å². The number of carboxylic acids is 1. The molecule has 1 aliphatic rings. The van der Waals surface area contributed by atoms with E-state index in [-0.39, 0.29) is 12.8 Å². The fourth-order valence-corrected chi connectivity index (χ4v) is 1.93. The summed E-state index contributed by atoms with van der Waals surface area (Å²) in [6.45, 7) is 0.771. The van der Waals surface area contributed by atoms with Crippen molar-refractivity contribution in [1.29, 1.82) is 0 Å². The highest BCUT2D eigenvalue weighted by Gasteiger charge is 2.26. The van der Waals surface area contributed by atoms with Gasteiger partial charge in [0.15, 0.2) is 0 Å². The molecule has 0 bridgehead atoms. The van der Waals surface area contributed by atoms with E-state index in [0.717, 1.165) is 0 Å². The molecule has 1 heterocycles. The minimum Gasteiger partial charge on any atom is -0.480 e. The highest BCUT2D eigenvalue weighted by Crippen LogP contribution is 2.10. The fraction of sp³-hybridized carbons (Fsp3) is 0.750. The third kappa shape index (κ3) is 5.04. The third-order valence-corrected chi connectivity index (χ3v) is 3.21. The van der Waals surface area contributed by atoms with Crippen molar-refractivity contribution in [3.05, 3.63) is 0 Å². The van der Waals surface area contributed by atoms with Gasteiger partial charge in [-0.2, -0.15) is 0 Å². The molecule has 1 saturated heterocycles. The standard InChI is InChI=1S/C12H20N2O6/c1-20-10(16)3-2-9(11(17)18)13-12(19)14-6-4-8(15)5-7-14/h8-9,15H,2-7H2,1H3,(H,13,19)(H,17,18)/t9-/m0/s1. The molecule has 3 N–H and O–H groups in total. The number of piperidine rings is 1. The monoisotopic (exact) mass is 288 g/mol. The number of hydrogen-bond donors (Lipinski definition) is 3. The first kappa shape index (κ1) is 16.2. The average Bonchev–Trinajstić information content (AvgIpc) is 2.43. The third-order valence-electron chi connectivity index (χ3n) is 3.21. The summed E-state index contributed by atoms with van der Waals surface area (Å²) in [5.41, 5.74) is 0. The Bertz CT molecular complexity index is 365. The minimum absolute atomic E-state index is 0.0236. The van der Waals surface area contributed by atoms with E-state index >= 15 is 0 Å². The van der Waals surface area contributed by atoms with Crippen molar-refractivity contribution in [2.45, 2.75) is 37.8 Å². The van der Waals surface area contributed by atoms with Gasteiger partial charge in [0.1, 0.15) is 6.04 Å². The van der Waals surface area contributed by atoms with Gasteiger partial charge in [-0.15, -0.1) is 0 Å². The lowest BCUT2D eigenvalue weighted by Gasteiger charge is -2.30. The summed E-state index contributed by atoms with van der Waals surface area (Å²) in [5, 5.41) is 20.7. The van der Waals surface area contributed by atoms with Crippen LogP contribution in [0.15, 0.2) is 0 Å². The lowest BCUT2D eigenvalue weighted by atomic mass is 10.1. The Morgan fingerprint density at radius 2 is 1.95 bits per heavy atom. The van der Waals surface area contributed by atoms with Gasteiger partial charge < -0.3 is 25.2 Å². The maximum atomic E-state index is 11.9. The molecule has 0 aliphatic carbocycles. The number of carbonyl (C=O) groups excluding carboxylic acids is 2. The van der Waals surface area contributed by atoms with E-state index in [9.17, 15) is 19.5 Å². The van der Waals surface area contributed by atoms with Crippen LogP contribution in [0.2, 0.25) is 0 Å². The van der Waals surface area contributed by atoms with Gasteiger partial charge in [-0.1, -0.05) is 0 Å². The van der Waals surface area contributed by atoms with E-state index in [1.807, 2.05) is 0 Å². The molecule has 0 radical (unpaired) electrons. The quantitative estimate of drug-likeness (QED) is 0.590. The van der Waals surface area contributed by atoms with Crippen LogP contribution in [0.4, 0.5) is 4.79 Å². The van der Waals surface area contributed by atoms with Crippen molar-refractivity contribution in [2.24, 2.45) is 0 Å². The summed E-state index contributed by atoms with van der Waals surface area (Å²) in [7, 11) is 1.22. The molecular weight excluding hydrogens is 268 g/mol. The molecule has 0 saturated carbocycles. The number of nitrogens with zero attached hydrogens (tertiary/aromatic N) is 1. The molecule has 0 unspecified atom stereocenters. The maximum Gasteiger partial charge on any atom is 0.326 e. The number of aliphatic carboxylic acids is 1. The first-order valence-electron chi connectivity index (χ1n) is 6.47. The van der Waals surface area contributed by atoms with Crippen molar-refractivity contribution in [3.63, 3.8) is 0 Å². The molecule has 0 aromatic carbocycles. The molecule has 1 rings (SSSR count). The van der Waals surface area contributed by atoms with E-state index in [1.165, 1.54) is 12.0 Å². The zero-order valence-electron chi connectivity index (χ0n) is 11.4. The lowest BCUT2D eigenvalue weighted by molar-refractivity contribution is -0.142. The van der Waals surface area contributed by atoms with Crippen LogP contribution >= 0.6 is 0 Å². The van der Waals surface area contributed by atoms with Crippen molar-refractivity contribution >= 4 is 18.0 Å². The number of aliphatic hydroxyl groups excluding tert-OH is 1. The molecule has 2 amide bonds. The molecule has 0 spiro atoms. The largest absolute Gasteiger partial charge is 0.480 e. The molecular formula is C12H20N2O6. The smallest absolute Gasteiger partial charge is 0.326 e. The zero-order valence-corrected chi connectivity index (χ0v) is 11.4. The molecule has 1 atom stereocenters. The van der Waals surface area contributed by atoms with Crippen LogP contribution in [0, 0.1) is 0 Å². The Labute approximate surface area is 116 Å². The summed E-state index contributed by atoms with van der Waals surface area (Å²) in [4.78, 5) is 35.4.